The predicted octanol–water partition coefficient (Wildman–Crippen LogP) is 4.61. The quantitative estimate of drug-likeness (QED) is 0.578. The molecule has 3 aromatic rings. The Hall–Kier alpha value is -2.55. The van der Waals surface area contributed by atoms with E-state index in [1.54, 1.807) is 12.1 Å². The van der Waals surface area contributed by atoms with Crippen LogP contribution in [0.15, 0.2) is 60.8 Å². The van der Waals surface area contributed by atoms with Gasteiger partial charge in [-0.15, -0.1) is 0 Å². The number of hydrogen-bond donors (Lipinski definition) is 0. The molecule has 1 aromatic heterocycles. The van der Waals surface area contributed by atoms with Gasteiger partial charge in [0.25, 0.3) is 5.92 Å². The van der Waals surface area contributed by atoms with Crippen molar-refractivity contribution in [2.24, 2.45) is 7.05 Å². The average molecular weight is 308 g/mol. The van der Waals surface area contributed by atoms with Gasteiger partial charge in [0.1, 0.15) is 7.05 Å². The molecule has 1 aliphatic carbocycles. The highest BCUT2D eigenvalue weighted by Gasteiger charge is 2.47. The molecule has 0 spiro atoms. The summed E-state index contributed by atoms with van der Waals surface area (Å²) in [6, 6.07) is 16.2. The molecule has 3 heteroatoms. The maximum absolute atomic E-state index is 15.2. The summed E-state index contributed by atoms with van der Waals surface area (Å²) in [7, 11) is 1.88. The maximum atomic E-state index is 15.2. The maximum Gasteiger partial charge on any atom is 0.300 e. The Labute approximate surface area is 133 Å². The number of alkyl halides is 2. The molecule has 2 aromatic carbocycles. The summed E-state index contributed by atoms with van der Waals surface area (Å²) >= 11 is 0. The molecule has 23 heavy (non-hydrogen) atoms. The highest BCUT2D eigenvalue weighted by atomic mass is 19.3. The Morgan fingerprint density at radius 2 is 1.61 bits per heavy atom. The number of nitrogens with zero attached hydrogens (tertiary/aromatic N) is 1. The first-order valence-electron chi connectivity index (χ1n) is 7.58. The smallest absolute Gasteiger partial charge is 0.201 e. The van der Waals surface area contributed by atoms with Crippen LogP contribution in [0.3, 0.4) is 0 Å². The lowest BCUT2D eigenvalue weighted by atomic mass is 9.92. The van der Waals surface area contributed by atoms with E-state index in [9.17, 15) is 0 Å². The van der Waals surface area contributed by atoms with Gasteiger partial charge in [-0.3, -0.25) is 0 Å². The lowest BCUT2D eigenvalue weighted by Crippen LogP contribution is -2.31. The minimum absolute atomic E-state index is 0.0976. The Morgan fingerprint density at radius 1 is 0.870 bits per heavy atom. The fraction of sp³-hybridized carbons (Fsp3) is 0.150. The number of pyridine rings is 1. The van der Waals surface area contributed by atoms with Crippen LogP contribution in [0.2, 0.25) is 0 Å². The van der Waals surface area contributed by atoms with Crippen molar-refractivity contribution < 1.29 is 13.3 Å². The number of fused-ring (bicyclic) bond motifs is 3. The van der Waals surface area contributed by atoms with Crippen LogP contribution < -0.4 is 4.57 Å². The first-order chi connectivity index (χ1) is 11.0. The predicted molar refractivity (Wildman–Crippen MR) is 86.2 cm³/mol. The molecule has 114 valence electrons. The van der Waals surface area contributed by atoms with E-state index in [2.05, 4.69) is 0 Å². The Balaban J connectivity index is 2.12. The number of benzene rings is 2. The number of aryl methyl sites for hydroxylation is 2. The van der Waals surface area contributed by atoms with E-state index < -0.39 is 5.92 Å². The SMILES string of the molecule is Cc1ccc2c(c1-c1cccc[n+]1C)C(F)(F)c1ccccc1-2. The Kier molecular flexibility index (Phi) is 2.89. The zero-order chi connectivity index (χ0) is 16.2. The van der Waals surface area contributed by atoms with Crippen LogP contribution in [0.5, 0.6) is 0 Å². The van der Waals surface area contributed by atoms with Gasteiger partial charge in [0, 0.05) is 23.3 Å². The van der Waals surface area contributed by atoms with Gasteiger partial charge in [0.15, 0.2) is 6.20 Å². The van der Waals surface area contributed by atoms with Crippen molar-refractivity contribution in [1.82, 2.24) is 0 Å². The molecule has 0 radical (unpaired) electrons. The van der Waals surface area contributed by atoms with E-state index in [1.165, 1.54) is 6.07 Å². The van der Waals surface area contributed by atoms with Crippen molar-refractivity contribution in [3.63, 3.8) is 0 Å². The summed E-state index contributed by atoms with van der Waals surface area (Å²) in [6.45, 7) is 1.89. The zero-order valence-electron chi connectivity index (χ0n) is 13.0. The number of halogens is 2. The van der Waals surface area contributed by atoms with Gasteiger partial charge in [-0.1, -0.05) is 36.4 Å². The molecular weight excluding hydrogens is 292 g/mol. The van der Waals surface area contributed by atoms with Crippen molar-refractivity contribution in [2.75, 3.05) is 0 Å². The van der Waals surface area contributed by atoms with Gasteiger partial charge in [-0.05, 0) is 29.7 Å². The lowest BCUT2D eigenvalue weighted by Gasteiger charge is -2.17. The van der Waals surface area contributed by atoms with E-state index in [1.807, 2.05) is 61.1 Å². The summed E-state index contributed by atoms with van der Waals surface area (Å²) < 4.78 is 32.2. The van der Waals surface area contributed by atoms with Gasteiger partial charge in [0.05, 0.1) is 5.56 Å². The molecule has 0 saturated carbocycles. The van der Waals surface area contributed by atoms with Gasteiger partial charge in [-0.2, -0.15) is 8.78 Å². The highest BCUT2D eigenvalue weighted by Crippen LogP contribution is 2.54. The molecule has 0 aliphatic heterocycles. The topological polar surface area (TPSA) is 3.88 Å². The van der Waals surface area contributed by atoms with Crippen LogP contribution in [-0.2, 0) is 13.0 Å². The molecule has 0 bridgehead atoms. The molecule has 0 fully saturated rings. The fourth-order valence-corrected chi connectivity index (χ4v) is 3.50. The third-order valence-electron chi connectivity index (χ3n) is 4.59. The standard InChI is InChI=1S/C20H16F2N/c1-13-10-11-15-14-7-3-4-8-16(14)20(21,22)19(15)18(13)17-9-5-6-12-23(17)2/h3-12H,1-2H3/q+1. The van der Waals surface area contributed by atoms with Gasteiger partial charge in [-0.25, -0.2) is 4.57 Å². The van der Waals surface area contributed by atoms with E-state index >= 15 is 8.78 Å². The van der Waals surface area contributed by atoms with E-state index in [-0.39, 0.29) is 11.1 Å². The van der Waals surface area contributed by atoms with Crippen LogP contribution in [-0.4, -0.2) is 0 Å². The first kappa shape index (κ1) is 14.1. The summed E-state index contributed by atoms with van der Waals surface area (Å²) in [4.78, 5) is 0. The molecule has 0 N–H and O–H groups in total. The number of aromatic nitrogens is 1. The monoisotopic (exact) mass is 308 g/mol. The minimum atomic E-state index is -2.98. The molecule has 0 atom stereocenters. The van der Waals surface area contributed by atoms with Crippen molar-refractivity contribution in [1.29, 1.82) is 0 Å². The lowest BCUT2D eigenvalue weighted by molar-refractivity contribution is -0.660. The summed E-state index contributed by atoms with van der Waals surface area (Å²) in [6.07, 6.45) is 1.88. The fourth-order valence-electron chi connectivity index (χ4n) is 3.50. The van der Waals surface area contributed by atoms with E-state index in [0.29, 0.717) is 16.7 Å². The van der Waals surface area contributed by atoms with E-state index in [4.69, 9.17) is 0 Å². The second-order valence-electron chi connectivity index (χ2n) is 6.00. The van der Waals surface area contributed by atoms with Crippen LogP contribution in [0.4, 0.5) is 8.78 Å². The number of rotatable bonds is 1. The number of hydrogen-bond acceptors (Lipinski definition) is 0. The molecular formula is C20H16F2N+. The van der Waals surface area contributed by atoms with Crippen molar-refractivity contribution in [3.8, 4) is 22.4 Å². The Morgan fingerprint density at radius 3 is 2.39 bits per heavy atom. The average Bonchev–Trinajstić information content (AvgIpc) is 2.77. The second-order valence-corrected chi connectivity index (χ2v) is 6.00. The molecule has 1 heterocycles. The molecule has 4 rings (SSSR count). The molecule has 1 nitrogen and oxygen atoms in total. The summed E-state index contributed by atoms with van der Waals surface area (Å²) in [5, 5.41) is 0. The van der Waals surface area contributed by atoms with Crippen molar-refractivity contribution >= 4 is 0 Å². The minimum Gasteiger partial charge on any atom is -0.201 e. The van der Waals surface area contributed by atoms with Crippen LogP contribution in [0.25, 0.3) is 22.4 Å². The third kappa shape index (κ3) is 1.86. The van der Waals surface area contributed by atoms with Gasteiger partial charge >= 0.3 is 0 Å². The van der Waals surface area contributed by atoms with E-state index in [0.717, 1.165) is 11.3 Å². The normalized spacial score (nSPS) is 14.4. The molecule has 0 amide bonds. The first-order valence-corrected chi connectivity index (χ1v) is 7.58. The van der Waals surface area contributed by atoms with Gasteiger partial charge in [0.2, 0.25) is 5.69 Å². The highest BCUT2D eigenvalue weighted by molar-refractivity contribution is 5.87. The second kappa shape index (κ2) is 4.72. The van der Waals surface area contributed by atoms with Crippen LogP contribution in [0, 0.1) is 6.92 Å². The third-order valence-corrected chi connectivity index (χ3v) is 4.59. The van der Waals surface area contributed by atoms with Crippen molar-refractivity contribution in [2.45, 2.75) is 12.8 Å². The molecule has 1 aliphatic rings. The zero-order valence-corrected chi connectivity index (χ0v) is 13.0. The van der Waals surface area contributed by atoms with Crippen molar-refractivity contribution in [3.05, 3.63) is 77.5 Å². The molecule has 0 saturated heterocycles. The summed E-state index contributed by atoms with van der Waals surface area (Å²) in [5.74, 6) is -2.98. The van der Waals surface area contributed by atoms with Gasteiger partial charge < -0.3 is 0 Å². The summed E-state index contributed by atoms with van der Waals surface area (Å²) in [5.41, 5.74) is 3.78. The largest absolute Gasteiger partial charge is 0.300 e. The molecule has 0 unspecified atom stereocenters. The van der Waals surface area contributed by atoms with Crippen LogP contribution >= 0.6 is 0 Å². The van der Waals surface area contributed by atoms with Crippen LogP contribution in [0.1, 0.15) is 16.7 Å². The Bertz CT molecular complexity index is 929.